The van der Waals surface area contributed by atoms with Gasteiger partial charge in [0, 0.05) is 26.2 Å². The summed E-state index contributed by atoms with van der Waals surface area (Å²) in [6, 6.07) is 8.66. The first-order valence-corrected chi connectivity index (χ1v) is 7.61. The van der Waals surface area contributed by atoms with Gasteiger partial charge in [-0.3, -0.25) is 19.5 Å². The van der Waals surface area contributed by atoms with Gasteiger partial charge in [0.2, 0.25) is 0 Å². The van der Waals surface area contributed by atoms with E-state index in [1.165, 1.54) is 17.3 Å². The number of aromatic amines is 1. The second kappa shape index (κ2) is 6.34. The van der Waals surface area contributed by atoms with E-state index in [-0.39, 0.29) is 23.2 Å². The third-order valence-electron chi connectivity index (χ3n) is 4.33. The first-order chi connectivity index (χ1) is 11.0. The molecule has 1 atom stereocenters. The number of aromatic nitrogens is 2. The molecule has 0 spiro atoms. The van der Waals surface area contributed by atoms with Gasteiger partial charge in [-0.25, -0.2) is 0 Å². The molecule has 1 N–H and O–H groups in total. The summed E-state index contributed by atoms with van der Waals surface area (Å²) in [7, 11) is 3.83. The lowest BCUT2D eigenvalue weighted by atomic mass is 9.94. The Morgan fingerprint density at radius 1 is 1.35 bits per heavy atom. The molecule has 23 heavy (non-hydrogen) atoms. The van der Waals surface area contributed by atoms with Gasteiger partial charge >= 0.3 is 0 Å². The number of amides is 1. The molecule has 120 valence electrons. The van der Waals surface area contributed by atoms with Crippen LogP contribution < -0.4 is 5.56 Å². The zero-order chi connectivity index (χ0) is 16.4. The minimum atomic E-state index is -0.368. The summed E-state index contributed by atoms with van der Waals surface area (Å²) in [5.74, 6) is -0.220. The topological polar surface area (TPSA) is 69.3 Å². The molecule has 1 aromatic heterocycles. The highest BCUT2D eigenvalue weighted by molar-refractivity contribution is 5.91. The highest BCUT2D eigenvalue weighted by Crippen LogP contribution is 2.22. The van der Waals surface area contributed by atoms with Gasteiger partial charge < -0.3 is 9.88 Å². The van der Waals surface area contributed by atoms with E-state index in [0.29, 0.717) is 6.54 Å². The summed E-state index contributed by atoms with van der Waals surface area (Å²) in [4.78, 5) is 33.9. The molecule has 6 nitrogen and oxygen atoms in total. The SMILES string of the molecule is CN(C[C@H]1Cc2ccccc2CN1C)C(=O)c1cncc(=O)[nH]1. The quantitative estimate of drug-likeness (QED) is 0.914. The molecule has 1 amide bonds. The van der Waals surface area contributed by atoms with Crippen molar-refractivity contribution in [3.63, 3.8) is 0 Å². The van der Waals surface area contributed by atoms with Crippen LogP contribution in [0.15, 0.2) is 41.5 Å². The first kappa shape index (κ1) is 15.4. The van der Waals surface area contributed by atoms with E-state index < -0.39 is 0 Å². The van der Waals surface area contributed by atoms with Gasteiger partial charge in [-0.15, -0.1) is 0 Å². The first-order valence-electron chi connectivity index (χ1n) is 7.61. The van der Waals surface area contributed by atoms with Crippen LogP contribution in [-0.2, 0) is 13.0 Å². The minimum Gasteiger partial charge on any atom is -0.339 e. The van der Waals surface area contributed by atoms with Crippen molar-refractivity contribution < 1.29 is 4.79 Å². The molecule has 0 bridgehead atoms. The molecule has 0 saturated heterocycles. The van der Waals surface area contributed by atoms with Crippen LogP contribution >= 0.6 is 0 Å². The number of rotatable bonds is 3. The molecule has 6 heteroatoms. The molecule has 0 fully saturated rings. The standard InChI is InChI=1S/C17H20N4O2/c1-20-10-13-6-4-3-5-12(13)7-14(20)11-21(2)17(23)15-8-18-9-16(22)19-15/h3-6,8-9,14H,7,10-11H2,1-2H3,(H,19,22)/t14-/m1/s1. The van der Waals surface area contributed by atoms with Crippen LogP contribution in [0, 0.1) is 0 Å². The van der Waals surface area contributed by atoms with E-state index in [4.69, 9.17) is 0 Å². The van der Waals surface area contributed by atoms with E-state index in [1.807, 2.05) is 0 Å². The molecular formula is C17H20N4O2. The molecule has 0 aliphatic carbocycles. The molecule has 3 rings (SSSR count). The zero-order valence-corrected chi connectivity index (χ0v) is 13.3. The second-order valence-electron chi connectivity index (χ2n) is 6.04. The van der Waals surface area contributed by atoms with Crippen molar-refractivity contribution in [1.82, 2.24) is 19.8 Å². The van der Waals surface area contributed by atoms with Gasteiger partial charge in [0.15, 0.2) is 0 Å². The number of benzene rings is 1. The minimum absolute atomic E-state index is 0.220. The fourth-order valence-electron chi connectivity index (χ4n) is 3.01. The van der Waals surface area contributed by atoms with Crippen molar-refractivity contribution in [3.05, 3.63) is 63.8 Å². The highest BCUT2D eigenvalue weighted by Gasteiger charge is 2.26. The Labute approximate surface area is 134 Å². The van der Waals surface area contributed by atoms with Crippen LogP contribution in [0.5, 0.6) is 0 Å². The van der Waals surface area contributed by atoms with Crippen molar-refractivity contribution in [2.75, 3.05) is 20.6 Å². The highest BCUT2D eigenvalue weighted by atomic mass is 16.2. The number of likely N-dealkylation sites (N-methyl/N-ethyl adjacent to an activating group) is 2. The lowest BCUT2D eigenvalue weighted by Crippen LogP contribution is -2.46. The Morgan fingerprint density at radius 2 is 2.09 bits per heavy atom. The third-order valence-corrected chi connectivity index (χ3v) is 4.33. The number of hydrogen-bond donors (Lipinski definition) is 1. The second-order valence-corrected chi connectivity index (χ2v) is 6.04. The number of carbonyl (C=O) groups is 1. The molecule has 1 aliphatic heterocycles. The summed E-state index contributed by atoms with van der Waals surface area (Å²) < 4.78 is 0. The number of carbonyl (C=O) groups excluding carboxylic acids is 1. The lowest BCUT2D eigenvalue weighted by molar-refractivity contribution is 0.0727. The average molecular weight is 312 g/mol. The summed E-state index contributed by atoms with van der Waals surface area (Å²) in [5.41, 5.74) is 2.54. The van der Waals surface area contributed by atoms with Crippen LogP contribution in [0.1, 0.15) is 21.6 Å². The molecule has 0 saturated carbocycles. The molecule has 2 heterocycles. The van der Waals surface area contributed by atoms with Crippen molar-refractivity contribution in [1.29, 1.82) is 0 Å². The van der Waals surface area contributed by atoms with Gasteiger partial charge in [-0.2, -0.15) is 0 Å². The van der Waals surface area contributed by atoms with Crippen LogP contribution in [-0.4, -0.2) is 52.4 Å². The summed E-state index contributed by atoms with van der Waals surface area (Å²) >= 11 is 0. The number of nitrogens with one attached hydrogen (secondary N) is 1. The Balaban J connectivity index is 1.72. The van der Waals surface area contributed by atoms with Crippen molar-refractivity contribution in [3.8, 4) is 0 Å². The molecule has 1 aromatic carbocycles. The monoisotopic (exact) mass is 312 g/mol. The average Bonchev–Trinajstić information content (AvgIpc) is 2.54. The van der Waals surface area contributed by atoms with Crippen LogP contribution in [0.3, 0.4) is 0 Å². The van der Waals surface area contributed by atoms with Crippen LogP contribution in [0.2, 0.25) is 0 Å². The normalized spacial score (nSPS) is 17.6. The van der Waals surface area contributed by atoms with E-state index in [0.717, 1.165) is 19.2 Å². The summed E-state index contributed by atoms with van der Waals surface area (Å²) in [5, 5.41) is 0. The third kappa shape index (κ3) is 3.32. The predicted molar refractivity (Wildman–Crippen MR) is 87.2 cm³/mol. The van der Waals surface area contributed by atoms with Crippen LogP contribution in [0.4, 0.5) is 0 Å². The number of fused-ring (bicyclic) bond motifs is 1. The maximum Gasteiger partial charge on any atom is 0.271 e. The molecule has 0 radical (unpaired) electrons. The van der Waals surface area contributed by atoms with Crippen molar-refractivity contribution >= 4 is 5.91 Å². The molecule has 2 aromatic rings. The number of hydrogen-bond acceptors (Lipinski definition) is 4. The van der Waals surface area contributed by atoms with Crippen molar-refractivity contribution in [2.24, 2.45) is 0 Å². The van der Waals surface area contributed by atoms with Crippen LogP contribution in [0.25, 0.3) is 0 Å². The van der Waals surface area contributed by atoms with E-state index in [1.54, 1.807) is 11.9 Å². The Morgan fingerprint density at radius 3 is 2.83 bits per heavy atom. The van der Waals surface area contributed by atoms with Gasteiger partial charge in [0.1, 0.15) is 5.69 Å². The van der Waals surface area contributed by atoms with Gasteiger partial charge in [-0.05, 0) is 24.6 Å². The van der Waals surface area contributed by atoms with Gasteiger partial charge in [0.25, 0.3) is 11.5 Å². The fourth-order valence-corrected chi connectivity index (χ4v) is 3.01. The molecule has 1 aliphatic rings. The smallest absolute Gasteiger partial charge is 0.271 e. The largest absolute Gasteiger partial charge is 0.339 e. The zero-order valence-electron chi connectivity index (χ0n) is 13.3. The maximum absolute atomic E-state index is 12.4. The van der Waals surface area contributed by atoms with E-state index >= 15 is 0 Å². The molecular weight excluding hydrogens is 292 g/mol. The summed E-state index contributed by atoms with van der Waals surface area (Å²) in [6.45, 7) is 1.48. The van der Waals surface area contributed by atoms with E-state index in [2.05, 4.69) is 46.2 Å². The summed E-state index contributed by atoms with van der Waals surface area (Å²) in [6.07, 6.45) is 3.45. The predicted octanol–water partition coefficient (Wildman–Crippen LogP) is 0.899. The lowest BCUT2D eigenvalue weighted by Gasteiger charge is -2.36. The molecule has 0 unspecified atom stereocenters. The van der Waals surface area contributed by atoms with Gasteiger partial charge in [-0.1, -0.05) is 24.3 Å². The Bertz CT molecular complexity index is 771. The van der Waals surface area contributed by atoms with E-state index in [9.17, 15) is 9.59 Å². The van der Waals surface area contributed by atoms with Crippen molar-refractivity contribution in [2.45, 2.75) is 19.0 Å². The Kier molecular flexibility index (Phi) is 4.25. The number of nitrogens with zero attached hydrogens (tertiary/aromatic N) is 3. The maximum atomic E-state index is 12.4. The Hall–Kier alpha value is -2.47. The fraction of sp³-hybridized carbons (Fsp3) is 0.353. The number of H-pyrrole nitrogens is 1. The van der Waals surface area contributed by atoms with Gasteiger partial charge in [0.05, 0.1) is 12.4 Å².